The van der Waals surface area contributed by atoms with Crippen molar-refractivity contribution in [1.82, 2.24) is 5.32 Å². The van der Waals surface area contributed by atoms with Gasteiger partial charge in [0.05, 0.1) is 17.5 Å². The number of amides is 2. The third-order valence-electron chi connectivity index (χ3n) is 6.00. The van der Waals surface area contributed by atoms with Crippen molar-refractivity contribution in [3.63, 3.8) is 0 Å². The van der Waals surface area contributed by atoms with E-state index in [2.05, 4.69) is 15.4 Å². The lowest BCUT2D eigenvalue weighted by molar-refractivity contribution is -0.242. The number of benzene rings is 2. The van der Waals surface area contributed by atoms with E-state index in [0.29, 0.717) is 26.7 Å². The van der Waals surface area contributed by atoms with Crippen LogP contribution in [0.15, 0.2) is 47.4 Å². The topological polar surface area (TPSA) is 120 Å². The number of nitrogens with one attached hydrogen (secondary N) is 2. The molecule has 3 rings (SSSR count). The lowest BCUT2D eigenvalue weighted by Crippen LogP contribution is -2.53. The molecular formula is C25H31F4N3O6S. The third-order valence-corrected chi connectivity index (χ3v) is 7.87. The van der Waals surface area contributed by atoms with Gasteiger partial charge in [-0.2, -0.15) is 13.2 Å². The van der Waals surface area contributed by atoms with Gasteiger partial charge in [0.25, 0.3) is 0 Å². The minimum atomic E-state index is -4.81. The first kappa shape index (κ1) is 30.3. The summed E-state index contributed by atoms with van der Waals surface area (Å²) in [5, 5.41) is 5.03. The summed E-state index contributed by atoms with van der Waals surface area (Å²) in [6.07, 6.45) is -5.72. The number of ether oxygens (including phenoxy) is 2. The van der Waals surface area contributed by atoms with Crippen molar-refractivity contribution in [3.8, 4) is 5.75 Å². The SMILES string of the molecule is CCC[C@H](NC(C)=O)[C@H]1CN(S(O)(O)c2ccc(F)cc2)c2cc(NC(=O)OC(C)(C)C(F)(F)F)ccc2O1. The van der Waals surface area contributed by atoms with Crippen LogP contribution in [0.3, 0.4) is 0 Å². The van der Waals surface area contributed by atoms with Crippen molar-refractivity contribution in [2.24, 2.45) is 0 Å². The number of nitrogens with zero attached hydrogens (tertiary/aromatic N) is 1. The second kappa shape index (κ2) is 11.5. The highest BCUT2D eigenvalue weighted by molar-refractivity contribution is 8.25. The first-order valence-electron chi connectivity index (χ1n) is 12.0. The maximum absolute atomic E-state index is 13.5. The van der Waals surface area contributed by atoms with Gasteiger partial charge in [0.2, 0.25) is 11.5 Å². The van der Waals surface area contributed by atoms with Gasteiger partial charge in [-0.05, 0) is 62.7 Å². The summed E-state index contributed by atoms with van der Waals surface area (Å²) < 4.78 is 87.5. The molecule has 216 valence electrons. The molecule has 2 aromatic carbocycles. The molecule has 0 bridgehead atoms. The van der Waals surface area contributed by atoms with Crippen LogP contribution in [0.1, 0.15) is 40.5 Å². The number of carbonyl (C=O) groups excluding carboxylic acids is 2. The van der Waals surface area contributed by atoms with E-state index in [-0.39, 0.29) is 34.5 Å². The van der Waals surface area contributed by atoms with Crippen LogP contribution < -0.4 is 19.7 Å². The molecule has 2 amide bonds. The van der Waals surface area contributed by atoms with E-state index >= 15 is 0 Å². The predicted octanol–water partition coefficient (Wildman–Crippen LogP) is 6.31. The Morgan fingerprint density at radius 1 is 1.18 bits per heavy atom. The van der Waals surface area contributed by atoms with Gasteiger partial charge in [0.1, 0.15) is 23.4 Å². The van der Waals surface area contributed by atoms with E-state index < -0.39 is 46.6 Å². The number of halogens is 4. The zero-order valence-electron chi connectivity index (χ0n) is 21.7. The molecule has 39 heavy (non-hydrogen) atoms. The largest absolute Gasteiger partial charge is 0.484 e. The van der Waals surface area contributed by atoms with Crippen LogP contribution in [0.25, 0.3) is 0 Å². The summed E-state index contributed by atoms with van der Waals surface area (Å²) >= 11 is 0. The molecule has 0 aliphatic carbocycles. The quantitative estimate of drug-likeness (QED) is 0.271. The fourth-order valence-electron chi connectivity index (χ4n) is 3.90. The molecule has 0 radical (unpaired) electrons. The number of carbonyl (C=O) groups is 2. The Morgan fingerprint density at radius 3 is 2.38 bits per heavy atom. The normalized spacial score (nSPS) is 17.0. The van der Waals surface area contributed by atoms with Crippen molar-refractivity contribution in [1.29, 1.82) is 0 Å². The van der Waals surface area contributed by atoms with Gasteiger partial charge in [-0.25, -0.2) is 9.18 Å². The molecule has 4 N–H and O–H groups in total. The molecule has 14 heteroatoms. The zero-order chi connectivity index (χ0) is 29.2. The minimum absolute atomic E-state index is 0.00762. The molecule has 2 atom stereocenters. The van der Waals surface area contributed by atoms with E-state index in [1.54, 1.807) is 0 Å². The second-order valence-electron chi connectivity index (χ2n) is 9.49. The maximum Gasteiger partial charge on any atom is 0.427 e. The fourth-order valence-corrected chi connectivity index (χ4v) is 5.43. The van der Waals surface area contributed by atoms with Gasteiger partial charge in [-0.3, -0.25) is 23.5 Å². The summed E-state index contributed by atoms with van der Waals surface area (Å²) in [6.45, 7) is 4.53. The summed E-state index contributed by atoms with van der Waals surface area (Å²) in [7, 11) is -3.81. The Kier molecular flexibility index (Phi) is 8.92. The van der Waals surface area contributed by atoms with Gasteiger partial charge in [-0.1, -0.05) is 24.1 Å². The molecule has 0 spiro atoms. The molecule has 0 fully saturated rings. The lowest BCUT2D eigenvalue weighted by Gasteiger charge is -2.49. The van der Waals surface area contributed by atoms with Gasteiger partial charge in [0.15, 0.2) is 0 Å². The Labute approximate surface area is 224 Å². The predicted molar refractivity (Wildman–Crippen MR) is 138 cm³/mol. The summed E-state index contributed by atoms with van der Waals surface area (Å²) in [5.41, 5.74) is -2.67. The molecule has 0 saturated heterocycles. The third kappa shape index (κ3) is 7.05. The van der Waals surface area contributed by atoms with E-state index in [4.69, 9.17) is 4.74 Å². The number of anilines is 2. The molecule has 0 aromatic heterocycles. The maximum atomic E-state index is 13.5. The van der Waals surface area contributed by atoms with E-state index in [1.807, 2.05) is 6.92 Å². The standard InChI is InChI=1S/C25H31F4N3O6S/c1-5-6-19(30-15(2)33)22-14-32(39(35,36)18-10-7-16(26)8-11-18)20-13-17(9-12-21(20)37-22)31-23(34)38-24(3,4)25(27,28)29/h7-13,19,22,35-36H,5-6,14H2,1-4H3,(H,30,33)(H,31,34)/t19-,22+/m0/s1. The molecule has 2 aromatic rings. The van der Waals surface area contributed by atoms with Crippen molar-refractivity contribution < 1.29 is 45.7 Å². The van der Waals surface area contributed by atoms with Crippen LogP contribution in [0.5, 0.6) is 5.75 Å². The Bertz CT molecular complexity index is 1190. The van der Waals surface area contributed by atoms with E-state index in [1.165, 1.54) is 41.6 Å². The van der Waals surface area contributed by atoms with Crippen LogP contribution >= 0.6 is 10.8 Å². The summed E-state index contributed by atoms with van der Waals surface area (Å²) in [6, 6.07) is 8.09. The van der Waals surface area contributed by atoms with E-state index in [9.17, 15) is 36.3 Å². The van der Waals surface area contributed by atoms with Crippen molar-refractivity contribution in [2.75, 3.05) is 16.2 Å². The lowest BCUT2D eigenvalue weighted by atomic mass is 10.0. The van der Waals surface area contributed by atoms with Crippen molar-refractivity contribution >= 4 is 34.2 Å². The number of alkyl halides is 3. The van der Waals surface area contributed by atoms with Gasteiger partial charge in [-0.15, -0.1) is 0 Å². The molecule has 1 aliphatic rings. The highest BCUT2D eigenvalue weighted by atomic mass is 32.3. The molecule has 0 saturated carbocycles. The number of rotatable bonds is 8. The molecule has 0 unspecified atom stereocenters. The first-order chi connectivity index (χ1) is 18.0. The van der Waals surface area contributed by atoms with Crippen molar-refractivity contribution in [2.45, 2.75) is 69.4 Å². The van der Waals surface area contributed by atoms with Gasteiger partial charge in [0, 0.05) is 12.6 Å². The summed E-state index contributed by atoms with van der Waals surface area (Å²) in [4.78, 5) is 24.1. The number of hydrogen-bond acceptors (Lipinski definition) is 7. The van der Waals surface area contributed by atoms with Gasteiger partial charge >= 0.3 is 12.3 Å². The molecular weight excluding hydrogens is 546 g/mol. The molecule has 9 nitrogen and oxygen atoms in total. The Morgan fingerprint density at radius 2 is 1.82 bits per heavy atom. The average molecular weight is 578 g/mol. The monoisotopic (exact) mass is 577 g/mol. The molecule has 1 heterocycles. The van der Waals surface area contributed by atoms with Crippen LogP contribution in [0.2, 0.25) is 0 Å². The van der Waals surface area contributed by atoms with Crippen LogP contribution in [0.4, 0.5) is 33.7 Å². The number of fused-ring (bicyclic) bond motifs is 1. The van der Waals surface area contributed by atoms with E-state index in [0.717, 1.165) is 12.1 Å². The Hall–Kier alpha value is -3.23. The zero-order valence-corrected chi connectivity index (χ0v) is 22.5. The highest BCUT2D eigenvalue weighted by Crippen LogP contribution is 2.57. The number of hydrogen-bond donors (Lipinski definition) is 4. The summed E-state index contributed by atoms with van der Waals surface area (Å²) in [5.74, 6) is -0.733. The average Bonchev–Trinajstić information content (AvgIpc) is 2.82. The van der Waals surface area contributed by atoms with Crippen LogP contribution in [0, 0.1) is 5.82 Å². The highest BCUT2D eigenvalue weighted by Gasteiger charge is 2.51. The smallest absolute Gasteiger partial charge is 0.427 e. The minimum Gasteiger partial charge on any atom is -0.484 e. The molecule has 1 aliphatic heterocycles. The Balaban J connectivity index is 2.00. The second-order valence-corrected chi connectivity index (χ2v) is 11.4. The first-order valence-corrected chi connectivity index (χ1v) is 13.5. The van der Waals surface area contributed by atoms with Gasteiger partial charge < -0.3 is 14.8 Å². The fraction of sp³-hybridized carbons (Fsp3) is 0.440. The van der Waals surface area contributed by atoms with Crippen LogP contribution in [-0.2, 0) is 9.53 Å². The van der Waals surface area contributed by atoms with Crippen molar-refractivity contribution in [3.05, 3.63) is 48.3 Å². The van der Waals surface area contributed by atoms with Crippen LogP contribution in [-0.4, -0.2) is 51.6 Å².